The summed E-state index contributed by atoms with van der Waals surface area (Å²) in [6.07, 6.45) is 0. The lowest BCUT2D eigenvalue weighted by Crippen LogP contribution is -2.29. The fraction of sp³-hybridized carbons (Fsp3) is 0.0833. The molecule has 0 bridgehead atoms. The molecule has 0 spiro atoms. The van der Waals surface area contributed by atoms with Crippen LogP contribution in [0.2, 0.25) is 0 Å². The van der Waals surface area contributed by atoms with Gasteiger partial charge < -0.3 is 0 Å². The summed E-state index contributed by atoms with van der Waals surface area (Å²) in [7, 11) is 0. The third-order valence-corrected chi connectivity index (χ3v) is 4.06. The molecule has 7 heteroatoms. The molecule has 2 aromatic rings. The van der Waals surface area contributed by atoms with E-state index in [1.165, 1.54) is 28.4 Å². The standard InChI is InChI=1S/C12H6BrFN2O2S/c13-8-1-7-10(2-9(8)14)16(12(18)11(7)17)3-6-4-19-5-15-6/h1-2,4-5H,3H2. The van der Waals surface area contributed by atoms with E-state index in [-0.39, 0.29) is 16.6 Å². The van der Waals surface area contributed by atoms with E-state index in [1.54, 1.807) is 10.9 Å². The molecule has 96 valence electrons. The number of ketones is 1. The first-order valence-electron chi connectivity index (χ1n) is 5.30. The molecule has 0 fully saturated rings. The zero-order valence-corrected chi connectivity index (χ0v) is 11.8. The molecular weight excluding hydrogens is 335 g/mol. The van der Waals surface area contributed by atoms with Crippen LogP contribution in [-0.2, 0) is 11.3 Å². The minimum Gasteiger partial charge on any atom is -0.299 e. The second-order valence-corrected chi connectivity index (χ2v) is 5.56. The Kier molecular flexibility index (Phi) is 2.94. The smallest absolute Gasteiger partial charge is 0.299 e. The molecule has 3 rings (SSSR count). The lowest BCUT2D eigenvalue weighted by molar-refractivity contribution is -0.114. The van der Waals surface area contributed by atoms with Crippen molar-refractivity contribution in [2.75, 3.05) is 4.90 Å². The third-order valence-electron chi connectivity index (χ3n) is 2.82. The largest absolute Gasteiger partial charge is 0.299 e. The Balaban J connectivity index is 2.06. The summed E-state index contributed by atoms with van der Waals surface area (Å²) in [5, 5.41) is 1.78. The molecule has 1 aromatic carbocycles. The van der Waals surface area contributed by atoms with Gasteiger partial charge in [-0.05, 0) is 28.1 Å². The number of halogens is 2. The van der Waals surface area contributed by atoms with Gasteiger partial charge in [0.1, 0.15) is 5.82 Å². The van der Waals surface area contributed by atoms with Crippen molar-refractivity contribution in [3.8, 4) is 0 Å². The average molecular weight is 341 g/mol. The second kappa shape index (κ2) is 4.50. The number of carbonyl (C=O) groups excluding carboxylic acids is 2. The summed E-state index contributed by atoms with van der Waals surface area (Å²) >= 11 is 4.41. The molecule has 0 aliphatic carbocycles. The van der Waals surface area contributed by atoms with Gasteiger partial charge in [-0.1, -0.05) is 0 Å². The van der Waals surface area contributed by atoms with Gasteiger partial charge in [-0.3, -0.25) is 14.5 Å². The van der Waals surface area contributed by atoms with Gasteiger partial charge in [0.2, 0.25) is 0 Å². The molecule has 0 atom stereocenters. The molecule has 1 amide bonds. The maximum atomic E-state index is 13.6. The van der Waals surface area contributed by atoms with Crippen molar-refractivity contribution >= 4 is 44.6 Å². The SMILES string of the molecule is O=C1C(=O)N(Cc2cscn2)c2cc(F)c(Br)cc21. The molecule has 2 heterocycles. The van der Waals surface area contributed by atoms with E-state index >= 15 is 0 Å². The van der Waals surface area contributed by atoms with Gasteiger partial charge in [0.05, 0.1) is 33.5 Å². The zero-order chi connectivity index (χ0) is 13.6. The normalized spacial score (nSPS) is 14.1. The Hall–Kier alpha value is -1.60. The number of hydrogen-bond acceptors (Lipinski definition) is 4. The number of anilines is 1. The van der Waals surface area contributed by atoms with Crippen LogP contribution in [0.25, 0.3) is 0 Å². The molecule has 0 unspecified atom stereocenters. The number of benzene rings is 1. The van der Waals surface area contributed by atoms with E-state index in [9.17, 15) is 14.0 Å². The highest BCUT2D eigenvalue weighted by Gasteiger charge is 2.36. The van der Waals surface area contributed by atoms with E-state index in [2.05, 4.69) is 20.9 Å². The van der Waals surface area contributed by atoms with Crippen molar-refractivity contribution in [1.82, 2.24) is 4.98 Å². The summed E-state index contributed by atoms with van der Waals surface area (Å²) < 4.78 is 13.7. The Morgan fingerprint density at radius 2 is 2.16 bits per heavy atom. The predicted octanol–water partition coefficient (Wildman–Crippen LogP) is 2.77. The number of carbonyl (C=O) groups is 2. The van der Waals surface area contributed by atoms with E-state index in [1.807, 2.05) is 0 Å². The van der Waals surface area contributed by atoms with E-state index in [0.29, 0.717) is 11.4 Å². The van der Waals surface area contributed by atoms with Crippen molar-refractivity contribution in [2.24, 2.45) is 0 Å². The molecular formula is C12H6BrFN2O2S. The number of rotatable bonds is 2. The minimum absolute atomic E-state index is 0.169. The maximum Gasteiger partial charge on any atom is 0.299 e. The highest BCUT2D eigenvalue weighted by atomic mass is 79.9. The fourth-order valence-corrected chi connectivity index (χ4v) is 2.82. The van der Waals surface area contributed by atoms with E-state index < -0.39 is 17.5 Å². The second-order valence-electron chi connectivity index (χ2n) is 3.98. The lowest BCUT2D eigenvalue weighted by Gasteiger charge is -2.15. The van der Waals surface area contributed by atoms with Crippen molar-refractivity contribution < 1.29 is 14.0 Å². The number of hydrogen-bond donors (Lipinski definition) is 0. The van der Waals surface area contributed by atoms with E-state index in [4.69, 9.17) is 0 Å². The van der Waals surface area contributed by atoms with Gasteiger partial charge in [0.25, 0.3) is 11.7 Å². The molecule has 0 N–H and O–H groups in total. The van der Waals surface area contributed by atoms with Crippen LogP contribution in [0.15, 0.2) is 27.5 Å². The number of Topliss-reactive ketones (excluding diaryl/α,β-unsaturated/α-hetero) is 1. The van der Waals surface area contributed by atoms with Crippen LogP contribution in [0.5, 0.6) is 0 Å². The van der Waals surface area contributed by atoms with Gasteiger partial charge in [-0.2, -0.15) is 0 Å². The predicted molar refractivity (Wildman–Crippen MR) is 71.7 cm³/mol. The van der Waals surface area contributed by atoms with Crippen LogP contribution in [0.4, 0.5) is 10.1 Å². The Bertz CT molecular complexity index is 687. The number of nitrogens with zero attached hydrogens (tertiary/aromatic N) is 2. The van der Waals surface area contributed by atoms with Gasteiger partial charge in [0, 0.05) is 5.38 Å². The number of amides is 1. The van der Waals surface area contributed by atoms with Crippen LogP contribution in [0.1, 0.15) is 16.1 Å². The van der Waals surface area contributed by atoms with Crippen LogP contribution in [0, 0.1) is 5.82 Å². The molecule has 4 nitrogen and oxygen atoms in total. The van der Waals surface area contributed by atoms with Crippen molar-refractivity contribution in [1.29, 1.82) is 0 Å². The van der Waals surface area contributed by atoms with Gasteiger partial charge in [-0.15, -0.1) is 11.3 Å². The summed E-state index contributed by atoms with van der Waals surface area (Å²) in [6, 6.07) is 2.53. The summed E-state index contributed by atoms with van der Waals surface area (Å²) in [5.74, 6) is -1.78. The van der Waals surface area contributed by atoms with Crippen LogP contribution < -0.4 is 4.90 Å². The molecule has 1 aliphatic heterocycles. The van der Waals surface area contributed by atoms with Crippen LogP contribution in [-0.4, -0.2) is 16.7 Å². The molecule has 0 radical (unpaired) electrons. The lowest BCUT2D eigenvalue weighted by atomic mass is 10.1. The van der Waals surface area contributed by atoms with Gasteiger partial charge >= 0.3 is 0 Å². The van der Waals surface area contributed by atoms with Crippen LogP contribution >= 0.6 is 27.3 Å². The monoisotopic (exact) mass is 340 g/mol. The Morgan fingerprint density at radius 3 is 2.84 bits per heavy atom. The van der Waals surface area contributed by atoms with Crippen LogP contribution in [0.3, 0.4) is 0 Å². The molecule has 0 saturated carbocycles. The highest BCUT2D eigenvalue weighted by Crippen LogP contribution is 2.34. The third kappa shape index (κ3) is 1.98. The highest BCUT2D eigenvalue weighted by molar-refractivity contribution is 9.10. The molecule has 1 aliphatic rings. The quantitative estimate of drug-likeness (QED) is 0.790. The topological polar surface area (TPSA) is 50.3 Å². The summed E-state index contributed by atoms with van der Waals surface area (Å²) in [4.78, 5) is 29.1. The average Bonchev–Trinajstić information content (AvgIpc) is 2.96. The van der Waals surface area contributed by atoms with Gasteiger partial charge in [0.15, 0.2) is 0 Å². The molecule has 19 heavy (non-hydrogen) atoms. The van der Waals surface area contributed by atoms with Crippen molar-refractivity contribution in [2.45, 2.75) is 6.54 Å². The zero-order valence-electron chi connectivity index (χ0n) is 9.39. The minimum atomic E-state index is -0.652. The van der Waals surface area contributed by atoms with Gasteiger partial charge in [-0.25, -0.2) is 9.37 Å². The first-order chi connectivity index (χ1) is 9.08. The maximum absolute atomic E-state index is 13.6. The summed E-state index contributed by atoms with van der Waals surface area (Å²) in [6.45, 7) is 0.169. The van der Waals surface area contributed by atoms with Crippen molar-refractivity contribution in [3.05, 3.63) is 44.6 Å². The first kappa shape index (κ1) is 12.4. The van der Waals surface area contributed by atoms with Crippen molar-refractivity contribution in [3.63, 3.8) is 0 Å². The number of thiazole rings is 1. The number of fused-ring (bicyclic) bond motifs is 1. The first-order valence-corrected chi connectivity index (χ1v) is 7.04. The van der Waals surface area contributed by atoms with E-state index in [0.717, 1.165) is 0 Å². The number of aromatic nitrogens is 1. The fourth-order valence-electron chi connectivity index (χ4n) is 1.92. The Morgan fingerprint density at radius 1 is 1.37 bits per heavy atom. The summed E-state index contributed by atoms with van der Waals surface area (Å²) in [5.41, 5.74) is 2.82. The molecule has 1 aromatic heterocycles. The molecule has 0 saturated heterocycles. The Labute approximate surface area is 120 Å².